The number of carbonyl (C=O) groups is 6. The van der Waals surface area contributed by atoms with E-state index in [1.807, 2.05) is 18.2 Å². The van der Waals surface area contributed by atoms with Gasteiger partial charge in [-0.15, -0.1) is 11.3 Å². The molecule has 0 spiro atoms. The highest BCUT2D eigenvalue weighted by Crippen LogP contribution is 2.30. The first-order valence-corrected chi connectivity index (χ1v) is 15.6. The Morgan fingerprint density at radius 3 is 2.25 bits per heavy atom. The summed E-state index contributed by atoms with van der Waals surface area (Å²) in [4.78, 5) is 73.7. The number of para-hydroxylation sites is 1. The highest BCUT2D eigenvalue weighted by atomic mass is 32.1. The van der Waals surface area contributed by atoms with Crippen LogP contribution in [0.5, 0.6) is 0 Å². The minimum absolute atomic E-state index is 0.103. The van der Waals surface area contributed by atoms with Crippen LogP contribution in [0.25, 0.3) is 0 Å². The number of anilines is 3. The van der Waals surface area contributed by atoms with Crippen molar-refractivity contribution >= 4 is 63.9 Å². The van der Waals surface area contributed by atoms with Crippen LogP contribution in [0.2, 0.25) is 0 Å². The van der Waals surface area contributed by atoms with Crippen LogP contribution in [0.1, 0.15) is 37.5 Å². The molecule has 1 aliphatic rings. The van der Waals surface area contributed by atoms with Gasteiger partial charge in [-0.1, -0.05) is 36.4 Å². The number of nitrogens with zero attached hydrogens (tertiary/aromatic N) is 3. The van der Waals surface area contributed by atoms with E-state index in [-0.39, 0.29) is 18.2 Å². The lowest BCUT2D eigenvalue weighted by Crippen LogP contribution is -2.35. The number of halogens is 3. The monoisotopic (exact) mass is 728 g/mol. The number of hydrogen-bond acceptors (Lipinski definition) is 9. The van der Waals surface area contributed by atoms with Gasteiger partial charge in [0, 0.05) is 41.0 Å². The standard InChI is InChI=1S/C16H16N2O3.C15H14N4O3S.C2HF3O2/c17-10-12-5-4-6-13(9-12)16(21)18(11-15(19)20)14-7-2-1-3-8-14;16-14(22)10-2-1-9-3-4-19(12(9)5-10)13(21)6-11-7-23-15(18-11)17-8-20;3-2(4,5)1(6)7/h1-9H,10-11,17H2,(H,19,20);1-2,5,7-8H,3-4,6H2,(H2,16,22)(H,17,18,20);(H,6,7). The minimum Gasteiger partial charge on any atom is -0.480 e. The lowest BCUT2D eigenvalue weighted by Gasteiger charge is -2.21. The van der Waals surface area contributed by atoms with Gasteiger partial charge in [0.05, 0.1) is 12.1 Å². The molecule has 5 rings (SSSR count). The number of amides is 4. The predicted octanol–water partition coefficient (Wildman–Crippen LogP) is 3.45. The Morgan fingerprint density at radius 2 is 1.67 bits per heavy atom. The van der Waals surface area contributed by atoms with Crippen LogP contribution >= 0.6 is 11.3 Å². The summed E-state index contributed by atoms with van der Waals surface area (Å²) in [6.07, 6.45) is -3.65. The maximum absolute atomic E-state index is 12.6. The molecule has 7 N–H and O–H groups in total. The molecule has 268 valence electrons. The molecule has 18 heteroatoms. The van der Waals surface area contributed by atoms with Gasteiger partial charge < -0.3 is 31.9 Å². The molecule has 0 aliphatic carbocycles. The molecule has 14 nitrogen and oxygen atoms in total. The van der Waals surface area contributed by atoms with E-state index in [0.29, 0.717) is 47.1 Å². The summed E-state index contributed by atoms with van der Waals surface area (Å²) < 4.78 is 31.7. The van der Waals surface area contributed by atoms with Crippen LogP contribution in [-0.4, -0.2) is 70.5 Å². The number of carboxylic acid groups (broad SMARTS) is 2. The Labute approximate surface area is 292 Å². The molecule has 2 heterocycles. The van der Waals surface area contributed by atoms with Crippen molar-refractivity contribution in [2.24, 2.45) is 11.5 Å². The largest absolute Gasteiger partial charge is 0.490 e. The van der Waals surface area contributed by atoms with Crippen LogP contribution < -0.4 is 26.6 Å². The SMILES string of the molecule is NC(=O)c1ccc2c(c1)N(C(=O)Cc1csc(NC=O)n1)CC2.NCc1cccc(C(=O)N(CC(=O)O)c2ccccc2)c1.O=C(O)C(F)(F)F. The first kappa shape index (κ1) is 39.3. The molecule has 0 radical (unpaired) electrons. The van der Waals surface area contributed by atoms with Gasteiger partial charge in [-0.3, -0.25) is 28.9 Å². The second-order valence-corrected chi connectivity index (χ2v) is 11.3. The number of thiazole rings is 1. The summed E-state index contributed by atoms with van der Waals surface area (Å²) in [6.45, 7) is 0.501. The van der Waals surface area contributed by atoms with Gasteiger partial charge in [0.2, 0.25) is 18.2 Å². The summed E-state index contributed by atoms with van der Waals surface area (Å²) in [6, 6.07) is 20.8. The Bertz CT molecular complexity index is 1890. The van der Waals surface area contributed by atoms with E-state index in [0.717, 1.165) is 23.2 Å². The van der Waals surface area contributed by atoms with Crippen molar-refractivity contribution in [2.75, 3.05) is 28.2 Å². The lowest BCUT2D eigenvalue weighted by molar-refractivity contribution is -0.192. The molecule has 51 heavy (non-hydrogen) atoms. The zero-order chi connectivity index (χ0) is 37.7. The fraction of sp³-hybridized carbons (Fsp3) is 0.182. The maximum Gasteiger partial charge on any atom is 0.490 e. The van der Waals surface area contributed by atoms with E-state index in [2.05, 4.69) is 10.3 Å². The van der Waals surface area contributed by atoms with Crippen molar-refractivity contribution in [1.82, 2.24) is 4.98 Å². The van der Waals surface area contributed by atoms with Gasteiger partial charge in [-0.05, 0) is 53.9 Å². The quantitative estimate of drug-likeness (QED) is 0.150. The Kier molecular flexibility index (Phi) is 13.9. The van der Waals surface area contributed by atoms with E-state index in [1.165, 1.54) is 16.2 Å². The van der Waals surface area contributed by atoms with Gasteiger partial charge in [0.25, 0.3) is 5.91 Å². The molecule has 0 fully saturated rings. The molecule has 3 aromatic carbocycles. The summed E-state index contributed by atoms with van der Waals surface area (Å²) >= 11 is 1.27. The van der Waals surface area contributed by atoms with Crippen molar-refractivity contribution in [3.63, 3.8) is 0 Å². The Hall–Kier alpha value is -6.14. The Morgan fingerprint density at radius 1 is 0.980 bits per heavy atom. The fourth-order valence-electron chi connectivity index (χ4n) is 4.56. The fourth-order valence-corrected chi connectivity index (χ4v) is 5.23. The molecule has 1 aromatic heterocycles. The van der Waals surface area contributed by atoms with Crippen LogP contribution in [0, 0.1) is 0 Å². The van der Waals surface area contributed by atoms with E-state index < -0.39 is 30.6 Å². The van der Waals surface area contributed by atoms with Gasteiger partial charge >= 0.3 is 18.1 Å². The molecular formula is C33H31F3N6O8S. The molecule has 4 amide bonds. The molecule has 0 unspecified atom stereocenters. The first-order chi connectivity index (χ1) is 24.1. The van der Waals surface area contributed by atoms with E-state index in [1.54, 1.807) is 64.9 Å². The average molecular weight is 729 g/mol. The first-order valence-electron chi connectivity index (χ1n) is 14.7. The van der Waals surface area contributed by atoms with E-state index in [4.69, 9.17) is 26.5 Å². The summed E-state index contributed by atoms with van der Waals surface area (Å²) in [5, 5.41) is 20.8. The predicted molar refractivity (Wildman–Crippen MR) is 180 cm³/mol. The van der Waals surface area contributed by atoms with Crippen LogP contribution in [0.15, 0.2) is 78.2 Å². The number of carboxylic acids is 2. The number of hydrogen-bond donors (Lipinski definition) is 5. The maximum atomic E-state index is 12.6. The third kappa shape index (κ3) is 11.5. The van der Waals surface area contributed by atoms with Gasteiger partial charge in [-0.2, -0.15) is 13.2 Å². The third-order valence-electron chi connectivity index (χ3n) is 6.89. The molecular weight excluding hydrogens is 697 g/mol. The number of nitrogens with one attached hydrogen (secondary N) is 1. The van der Waals surface area contributed by atoms with Crippen molar-refractivity contribution in [3.8, 4) is 0 Å². The highest BCUT2D eigenvalue weighted by molar-refractivity contribution is 7.13. The second kappa shape index (κ2) is 18.0. The average Bonchev–Trinajstić information content (AvgIpc) is 3.74. The number of carbonyl (C=O) groups excluding carboxylic acids is 4. The molecule has 1 aliphatic heterocycles. The van der Waals surface area contributed by atoms with Gasteiger partial charge in [0.15, 0.2) is 5.13 Å². The molecule has 4 aromatic rings. The number of nitrogens with two attached hydrogens (primary N) is 2. The van der Waals surface area contributed by atoms with E-state index >= 15 is 0 Å². The zero-order valence-corrected chi connectivity index (χ0v) is 27.3. The second-order valence-electron chi connectivity index (χ2n) is 10.4. The van der Waals surface area contributed by atoms with Crippen LogP contribution in [-0.2, 0) is 38.6 Å². The summed E-state index contributed by atoms with van der Waals surface area (Å²) in [7, 11) is 0. The normalized spacial score (nSPS) is 11.5. The third-order valence-corrected chi connectivity index (χ3v) is 7.71. The number of rotatable bonds is 10. The molecule has 0 bridgehead atoms. The van der Waals surface area contributed by atoms with Crippen LogP contribution in [0.4, 0.5) is 29.7 Å². The van der Waals surface area contributed by atoms with Crippen molar-refractivity contribution in [1.29, 1.82) is 0 Å². The number of alkyl halides is 3. The number of benzene rings is 3. The number of primary amides is 1. The lowest BCUT2D eigenvalue weighted by atomic mass is 10.1. The topological polar surface area (TPSA) is 226 Å². The molecule has 0 saturated heterocycles. The van der Waals surface area contributed by atoms with Gasteiger partial charge in [-0.25, -0.2) is 9.78 Å². The van der Waals surface area contributed by atoms with Crippen molar-refractivity contribution in [3.05, 3.63) is 106 Å². The van der Waals surface area contributed by atoms with Crippen molar-refractivity contribution < 1.29 is 52.2 Å². The zero-order valence-electron chi connectivity index (χ0n) is 26.5. The number of aliphatic carboxylic acids is 2. The van der Waals surface area contributed by atoms with Crippen molar-refractivity contribution in [2.45, 2.75) is 25.6 Å². The van der Waals surface area contributed by atoms with Gasteiger partial charge in [0.1, 0.15) is 6.54 Å². The van der Waals surface area contributed by atoms with Crippen LogP contribution in [0.3, 0.4) is 0 Å². The summed E-state index contributed by atoms with van der Waals surface area (Å²) in [5.74, 6) is -4.81. The number of aromatic nitrogens is 1. The molecule has 0 atom stereocenters. The molecule has 0 saturated carbocycles. The van der Waals surface area contributed by atoms with E-state index in [9.17, 15) is 37.1 Å². The highest BCUT2D eigenvalue weighted by Gasteiger charge is 2.38. The minimum atomic E-state index is -5.08. The smallest absolute Gasteiger partial charge is 0.480 e. The number of fused-ring (bicyclic) bond motifs is 1. The Balaban J connectivity index is 0.000000234. The summed E-state index contributed by atoms with van der Waals surface area (Å²) in [5.41, 5.74) is 15.4.